The van der Waals surface area contributed by atoms with Crippen molar-refractivity contribution in [2.75, 3.05) is 0 Å². The molecule has 0 atom stereocenters. The lowest BCUT2D eigenvalue weighted by atomic mass is 10.1. The van der Waals surface area contributed by atoms with Crippen molar-refractivity contribution in [1.82, 2.24) is 0 Å². The normalized spacial score (nSPS) is 10.0. The van der Waals surface area contributed by atoms with Crippen LogP contribution in [0.4, 0.5) is 8.78 Å². The van der Waals surface area contributed by atoms with Gasteiger partial charge < -0.3 is 4.74 Å². The molecule has 14 heavy (non-hydrogen) atoms. The number of ether oxygens (including phenoxy) is 1. The number of rotatable bonds is 2. The summed E-state index contributed by atoms with van der Waals surface area (Å²) in [5.74, 6) is 0.0575. The fraction of sp³-hybridized carbons (Fsp3) is 0.300. The van der Waals surface area contributed by atoms with E-state index < -0.39 is 6.61 Å². The molecule has 0 saturated carbocycles. The van der Waals surface area contributed by atoms with E-state index in [0.29, 0.717) is 11.1 Å². The Morgan fingerprint density at radius 3 is 2.43 bits per heavy atom. The fourth-order valence-corrected chi connectivity index (χ4v) is 1.18. The molecule has 1 rings (SSSR count). The van der Waals surface area contributed by atoms with Crippen LogP contribution in [-0.4, -0.2) is 6.61 Å². The molecule has 0 aliphatic rings. The van der Waals surface area contributed by atoms with Gasteiger partial charge in [0.15, 0.2) is 0 Å². The first-order valence-electron chi connectivity index (χ1n) is 4.00. The summed E-state index contributed by atoms with van der Waals surface area (Å²) < 4.78 is 28.1. The molecule has 0 heterocycles. The number of nitrogens with zero attached hydrogens (tertiary/aromatic N) is 1. The van der Waals surface area contributed by atoms with Gasteiger partial charge in [0.05, 0.1) is 11.6 Å². The summed E-state index contributed by atoms with van der Waals surface area (Å²) in [4.78, 5) is 0. The van der Waals surface area contributed by atoms with Gasteiger partial charge in [-0.2, -0.15) is 14.0 Å². The predicted molar refractivity (Wildman–Crippen MR) is 47.3 cm³/mol. The minimum absolute atomic E-state index is 0.0575. The minimum atomic E-state index is -2.86. The lowest BCUT2D eigenvalue weighted by molar-refractivity contribution is -0.0503. The van der Waals surface area contributed by atoms with E-state index in [2.05, 4.69) is 4.74 Å². The summed E-state index contributed by atoms with van der Waals surface area (Å²) in [7, 11) is 0. The van der Waals surface area contributed by atoms with Crippen molar-refractivity contribution in [2.24, 2.45) is 0 Å². The van der Waals surface area contributed by atoms with Gasteiger partial charge in [-0.15, -0.1) is 0 Å². The first-order chi connectivity index (χ1) is 6.54. The maximum Gasteiger partial charge on any atom is 0.387 e. The number of nitriles is 1. The van der Waals surface area contributed by atoms with Crippen LogP contribution in [0.1, 0.15) is 16.7 Å². The highest BCUT2D eigenvalue weighted by Gasteiger charge is 2.09. The number of halogens is 2. The van der Waals surface area contributed by atoms with Crippen LogP contribution in [0.3, 0.4) is 0 Å². The van der Waals surface area contributed by atoms with Gasteiger partial charge in [0, 0.05) is 0 Å². The SMILES string of the molecule is Cc1cc(C)c(OC(F)F)cc1C#N. The third kappa shape index (κ3) is 2.19. The molecule has 2 nitrogen and oxygen atoms in total. The molecule has 0 aliphatic heterocycles. The Kier molecular flexibility index (Phi) is 3.03. The van der Waals surface area contributed by atoms with Crippen molar-refractivity contribution in [3.63, 3.8) is 0 Å². The summed E-state index contributed by atoms with van der Waals surface area (Å²) >= 11 is 0. The van der Waals surface area contributed by atoms with Crippen molar-refractivity contribution < 1.29 is 13.5 Å². The Morgan fingerprint density at radius 2 is 1.93 bits per heavy atom. The monoisotopic (exact) mass is 197 g/mol. The topological polar surface area (TPSA) is 33.0 Å². The Balaban J connectivity index is 3.12. The first-order valence-corrected chi connectivity index (χ1v) is 4.00. The van der Waals surface area contributed by atoms with E-state index >= 15 is 0 Å². The molecule has 1 aromatic carbocycles. The number of benzene rings is 1. The Labute approximate surface area is 80.7 Å². The van der Waals surface area contributed by atoms with Crippen molar-refractivity contribution in [2.45, 2.75) is 20.5 Å². The standard InChI is InChI=1S/C10H9F2NO/c1-6-3-7(2)9(14-10(11)12)4-8(6)5-13/h3-4,10H,1-2H3. The quantitative estimate of drug-likeness (QED) is 0.730. The minimum Gasteiger partial charge on any atom is -0.435 e. The van der Waals surface area contributed by atoms with Gasteiger partial charge in [-0.25, -0.2) is 0 Å². The molecule has 0 spiro atoms. The zero-order chi connectivity index (χ0) is 10.7. The zero-order valence-corrected chi connectivity index (χ0v) is 7.84. The van der Waals surface area contributed by atoms with Crippen LogP contribution >= 0.6 is 0 Å². The van der Waals surface area contributed by atoms with Gasteiger partial charge >= 0.3 is 6.61 Å². The maximum absolute atomic E-state index is 11.9. The van der Waals surface area contributed by atoms with E-state index in [0.717, 1.165) is 5.56 Å². The predicted octanol–water partition coefficient (Wildman–Crippen LogP) is 2.78. The molecule has 0 aliphatic carbocycles. The molecule has 0 N–H and O–H groups in total. The van der Waals surface area contributed by atoms with Crippen LogP contribution in [0.2, 0.25) is 0 Å². The van der Waals surface area contributed by atoms with E-state index in [1.165, 1.54) is 6.07 Å². The maximum atomic E-state index is 11.9. The summed E-state index contributed by atoms with van der Waals surface area (Å²) in [6.07, 6.45) is 0. The molecule has 4 heteroatoms. The molecule has 1 aromatic rings. The lowest BCUT2D eigenvalue weighted by Crippen LogP contribution is -2.04. The second-order valence-electron chi connectivity index (χ2n) is 2.92. The van der Waals surface area contributed by atoms with E-state index in [-0.39, 0.29) is 5.75 Å². The molecular formula is C10H9F2NO. The third-order valence-corrected chi connectivity index (χ3v) is 1.86. The van der Waals surface area contributed by atoms with Crippen molar-refractivity contribution in [3.05, 3.63) is 28.8 Å². The molecule has 0 unspecified atom stereocenters. The van der Waals surface area contributed by atoms with Gasteiger partial charge in [-0.05, 0) is 31.0 Å². The van der Waals surface area contributed by atoms with Crippen LogP contribution in [-0.2, 0) is 0 Å². The largest absolute Gasteiger partial charge is 0.435 e. The highest BCUT2D eigenvalue weighted by Crippen LogP contribution is 2.23. The van der Waals surface area contributed by atoms with Crippen LogP contribution < -0.4 is 4.74 Å². The van der Waals surface area contributed by atoms with E-state index in [1.807, 2.05) is 6.07 Å². The Morgan fingerprint density at radius 1 is 1.29 bits per heavy atom. The average molecular weight is 197 g/mol. The summed E-state index contributed by atoms with van der Waals surface area (Å²) in [6, 6.07) is 4.89. The zero-order valence-electron chi connectivity index (χ0n) is 7.84. The summed E-state index contributed by atoms with van der Waals surface area (Å²) in [6.45, 7) is 0.548. The molecule has 0 bridgehead atoms. The molecule has 0 amide bonds. The molecule has 0 fully saturated rings. The average Bonchev–Trinajstić information content (AvgIpc) is 2.09. The summed E-state index contributed by atoms with van der Waals surface area (Å²) in [5, 5.41) is 8.67. The number of alkyl halides is 2. The Hall–Kier alpha value is -1.63. The molecule has 0 aromatic heterocycles. The van der Waals surface area contributed by atoms with E-state index in [9.17, 15) is 8.78 Å². The lowest BCUT2D eigenvalue weighted by Gasteiger charge is -2.09. The van der Waals surface area contributed by atoms with Gasteiger partial charge in [0.25, 0.3) is 0 Å². The first kappa shape index (κ1) is 10.5. The van der Waals surface area contributed by atoms with Crippen LogP contribution in [0.5, 0.6) is 5.75 Å². The molecule has 0 saturated heterocycles. The number of hydrogen-bond donors (Lipinski definition) is 0. The van der Waals surface area contributed by atoms with Gasteiger partial charge in [-0.1, -0.05) is 6.07 Å². The van der Waals surface area contributed by atoms with Gasteiger partial charge in [0.1, 0.15) is 5.75 Å². The Bertz CT molecular complexity index is 382. The van der Waals surface area contributed by atoms with E-state index in [1.54, 1.807) is 19.9 Å². The molecule has 74 valence electrons. The van der Waals surface area contributed by atoms with Gasteiger partial charge in [0.2, 0.25) is 0 Å². The summed E-state index contributed by atoms with van der Waals surface area (Å²) in [5.41, 5.74) is 1.71. The van der Waals surface area contributed by atoms with Crippen LogP contribution in [0.15, 0.2) is 12.1 Å². The second-order valence-corrected chi connectivity index (χ2v) is 2.92. The number of aryl methyl sites for hydroxylation is 2. The molecular weight excluding hydrogens is 188 g/mol. The smallest absolute Gasteiger partial charge is 0.387 e. The fourth-order valence-electron chi connectivity index (χ4n) is 1.18. The third-order valence-electron chi connectivity index (χ3n) is 1.86. The van der Waals surface area contributed by atoms with Crippen molar-refractivity contribution in [3.8, 4) is 11.8 Å². The second kappa shape index (κ2) is 4.05. The highest BCUT2D eigenvalue weighted by atomic mass is 19.3. The van der Waals surface area contributed by atoms with Crippen molar-refractivity contribution >= 4 is 0 Å². The van der Waals surface area contributed by atoms with Crippen LogP contribution in [0, 0.1) is 25.2 Å². The van der Waals surface area contributed by atoms with E-state index in [4.69, 9.17) is 5.26 Å². The van der Waals surface area contributed by atoms with Crippen LogP contribution in [0.25, 0.3) is 0 Å². The highest BCUT2D eigenvalue weighted by molar-refractivity contribution is 5.47. The van der Waals surface area contributed by atoms with Crippen molar-refractivity contribution in [1.29, 1.82) is 5.26 Å². The molecule has 0 radical (unpaired) electrons. The number of hydrogen-bond acceptors (Lipinski definition) is 2. The van der Waals surface area contributed by atoms with Gasteiger partial charge in [-0.3, -0.25) is 0 Å².